The summed E-state index contributed by atoms with van der Waals surface area (Å²) in [5.41, 5.74) is 3.40. The summed E-state index contributed by atoms with van der Waals surface area (Å²) < 4.78 is 1.55. The number of aryl methyl sites for hydroxylation is 1. The van der Waals surface area contributed by atoms with Gasteiger partial charge in [0.15, 0.2) is 10.8 Å². The molecule has 0 saturated carbocycles. The Morgan fingerprint density at radius 3 is 2.75 bits per heavy atom. The van der Waals surface area contributed by atoms with Gasteiger partial charge in [-0.2, -0.15) is 0 Å². The highest BCUT2D eigenvalue weighted by Gasteiger charge is 2.22. The molecule has 1 atom stereocenters. The van der Waals surface area contributed by atoms with Crippen LogP contribution < -0.4 is 10.9 Å². The van der Waals surface area contributed by atoms with Crippen LogP contribution in [0.2, 0.25) is 0 Å². The van der Waals surface area contributed by atoms with E-state index in [0.29, 0.717) is 21.9 Å². The fourth-order valence-corrected chi connectivity index (χ4v) is 4.98. The maximum Gasteiger partial charge on any atom is 0.268 e. The number of amides is 1. The highest BCUT2D eigenvalue weighted by atomic mass is 32.2. The average molecular weight is 443 g/mol. The van der Waals surface area contributed by atoms with E-state index in [1.807, 2.05) is 42.5 Å². The smallest absolute Gasteiger partial charge is 0.268 e. The van der Waals surface area contributed by atoms with Gasteiger partial charge in [0.05, 0.1) is 22.9 Å². The Morgan fingerprint density at radius 2 is 1.88 bits per heavy atom. The molecule has 0 radical (unpaired) electrons. The van der Waals surface area contributed by atoms with Crippen molar-refractivity contribution in [3.05, 3.63) is 94.4 Å². The zero-order valence-electron chi connectivity index (χ0n) is 17.4. The number of benzene rings is 2. The van der Waals surface area contributed by atoms with E-state index in [4.69, 9.17) is 0 Å². The number of carbonyl (C=O) groups is 1. The molecule has 0 aliphatic heterocycles. The number of nitrogens with zero attached hydrogens (tertiary/aromatic N) is 3. The Kier molecular flexibility index (Phi) is 5.73. The van der Waals surface area contributed by atoms with Gasteiger partial charge >= 0.3 is 0 Å². The third-order valence-corrected chi connectivity index (χ3v) is 6.60. The lowest BCUT2D eigenvalue weighted by Crippen LogP contribution is -2.32. The number of hydrogen-bond acceptors (Lipinski definition) is 5. The minimum absolute atomic E-state index is 0.0237. The molecule has 2 aromatic carbocycles. The van der Waals surface area contributed by atoms with Crippen LogP contribution in [0.15, 0.2) is 82.9 Å². The van der Waals surface area contributed by atoms with Crippen LogP contribution in [0.25, 0.3) is 16.7 Å². The number of para-hydroxylation sites is 1. The molecule has 2 heterocycles. The molecule has 0 spiro atoms. The number of rotatable bonds is 5. The molecule has 0 fully saturated rings. The van der Waals surface area contributed by atoms with E-state index in [9.17, 15) is 9.59 Å². The number of pyridine rings is 1. The van der Waals surface area contributed by atoms with Gasteiger partial charge in [0.1, 0.15) is 0 Å². The Labute approximate surface area is 189 Å². The standard InChI is InChI=1S/C25H22N4O2S/c30-22(27-21-14-6-9-17-8-4-5-12-19(17)21)16-32-25-28-23-20(13-7-15-26-23)24(31)29(25)18-10-2-1-3-11-18/h1-5,7-8,10-13,15,21H,6,9,14,16H2,(H,27,30)/t21-/m0/s1. The maximum atomic E-state index is 13.2. The molecular formula is C25H22N4O2S. The SMILES string of the molecule is O=C(CSc1nc2ncccc2c(=O)n1-c1ccccc1)N[C@H]1CCCc2ccccc21. The summed E-state index contributed by atoms with van der Waals surface area (Å²) >= 11 is 1.25. The first kappa shape index (κ1) is 20.5. The van der Waals surface area contributed by atoms with Crippen LogP contribution in [0.3, 0.4) is 0 Å². The molecule has 2 aromatic heterocycles. The summed E-state index contributed by atoms with van der Waals surface area (Å²) in [4.78, 5) is 34.9. The lowest BCUT2D eigenvalue weighted by atomic mass is 9.88. The van der Waals surface area contributed by atoms with Crippen molar-refractivity contribution < 1.29 is 4.79 Å². The molecule has 1 amide bonds. The Morgan fingerprint density at radius 1 is 1.06 bits per heavy atom. The first-order chi connectivity index (χ1) is 15.7. The van der Waals surface area contributed by atoms with Crippen LogP contribution >= 0.6 is 11.8 Å². The molecule has 4 aromatic rings. The molecule has 1 aliphatic carbocycles. The van der Waals surface area contributed by atoms with Gasteiger partial charge in [-0.1, -0.05) is 54.2 Å². The fourth-order valence-electron chi connectivity index (χ4n) is 4.17. The van der Waals surface area contributed by atoms with E-state index in [-0.39, 0.29) is 23.3 Å². The largest absolute Gasteiger partial charge is 0.349 e. The number of fused-ring (bicyclic) bond motifs is 2. The second-order valence-electron chi connectivity index (χ2n) is 7.74. The van der Waals surface area contributed by atoms with E-state index in [0.717, 1.165) is 19.3 Å². The zero-order chi connectivity index (χ0) is 21.9. The molecular weight excluding hydrogens is 420 g/mol. The highest BCUT2D eigenvalue weighted by molar-refractivity contribution is 7.99. The molecule has 32 heavy (non-hydrogen) atoms. The summed E-state index contributed by atoms with van der Waals surface area (Å²) in [6, 6.07) is 21.1. The van der Waals surface area contributed by atoms with E-state index in [1.54, 1.807) is 22.9 Å². The Hall–Kier alpha value is -3.45. The van der Waals surface area contributed by atoms with Crippen molar-refractivity contribution in [2.24, 2.45) is 0 Å². The molecule has 0 unspecified atom stereocenters. The van der Waals surface area contributed by atoms with Crippen LogP contribution in [0, 0.1) is 0 Å². The number of nitrogens with one attached hydrogen (secondary N) is 1. The van der Waals surface area contributed by atoms with Gasteiger partial charge in [-0.15, -0.1) is 0 Å². The number of hydrogen-bond donors (Lipinski definition) is 1. The second kappa shape index (κ2) is 8.96. The number of carbonyl (C=O) groups excluding carboxylic acids is 1. The van der Waals surface area contributed by atoms with E-state index in [2.05, 4.69) is 27.4 Å². The predicted octanol–water partition coefficient (Wildman–Crippen LogP) is 4.07. The monoisotopic (exact) mass is 442 g/mol. The Bertz CT molecular complexity index is 1340. The molecule has 6 nitrogen and oxygen atoms in total. The van der Waals surface area contributed by atoms with Crippen molar-refractivity contribution >= 4 is 28.7 Å². The van der Waals surface area contributed by atoms with Crippen molar-refractivity contribution in [3.8, 4) is 5.69 Å². The maximum absolute atomic E-state index is 13.2. The van der Waals surface area contributed by atoms with Gasteiger partial charge in [-0.25, -0.2) is 9.97 Å². The summed E-state index contributed by atoms with van der Waals surface area (Å²) in [6.45, 7) is 0. The lowest BCUT2D eigenvalue weighted by molar-refractivity contribution is -0.119. The van der Waals surface area contributed by atoms with Gasteiger partial charge < -0.3 is 5.32 Å². The van der Waals surface area contributed by atoms with Crippen LogP contribution in [-0.4, -0.2) is 26.2 Å². The first-order valence-corrected chi connectivity index (χ1v) is 11.6. The normalized spacial score (nSPS) is 15.3. The van der Waals surface area contributed by atoms with Crippen LogP contribution in [0.5, 0.6) is 0 Å². The minimum atomic E-state index is -0.196. The topological polar surface area (TPSA) is 76.9 Å². The summed E-state index contributed by atoms with van der Waals surface area (Å²) in [6.07, 6.45) is 4.65. The van der Waals surface area contributed by atoms with Crippen molar-refractivity contribution in [2.75, 3.05) is 5.75 Å². The Balaban J connectivity index is 1.41. The van der Waals surface area contributed by atoms with Crippen LogP contribution in [0.1, 0.15) is 30.0 Å². The molecule has 5 rings (SSSR count). The third-order valence-electron chi connectivity index (χ3n) is 5.66. The summed E-state index contributed by atoms with van der Waals surface area (Å²) in [7, 11) is 0. The molecule has 0 bridgehead atoms. The molecule has 1 aliphatic rings. The van der Waals surface area contributed by atoms with E-state index >= 15 is 0 Å². The summed E-state index contributed by atoms with van der Waals surface area (Å²) in [5.74, 6) is 0.0858. The fraction of sp³-hybridized carbons (Fsp3) is 0.200. The highest BCUT2D eigenvalue weighted by Crippen LogP contribution is 2.29. The molecule has 160 valence electrons. The quantitative estimate of drug-likeness (QED) is 0.372. The molecule has 0 saturated heterocycles. The zero-order valence-corrected chi connectivity index (χ0v) is 18.2. The van der Waals surface area contributed by atoms with Gasteiger partial charge in [0, 0.05) is 6.20 Å². The van der Waals surface area contributed by atoms with Crippen molar-refractivity contribution in [1.82, 2.24) is 19.9 Å². The van der Waals surface area contributed by atoms with Gasteiger partial charge in [0.2, 0.25) is 5.91 Å². The molecule has 1 N–H and O–H groups in total. The van der Waals surface area contributed by atoms with Gasteiger partial charge in [-0.3, -0.25) is 14.2 Å². The van der Waals surface area contributed by atoms with Gasteiger partial charge in [0.25, 0.3) is 5.56 Å². The lowest BCUT2D eigenvalue weighted by Gasteiger charge is -2.26. The van der Waals surface area contributed by atoms with Crippen LogP contribution in [-0.2, 0) is 11.2 Å². The number of thioether (sulfide) groups is 1. The van der Waals surface area contributed by atoms with Crippen molar-refractivity contribution in [3.63, 3.8) is 0 Å². The summed E-state index contributed by atoms with van der Waals surface area (Å²) in [5, 5.41) is 4.06. The average Bonchev–Trinajstić information content (AvgIpc) is 2.84. The van der Waals surface area contributed by atoms with Crippen molar-refractivity contribution in [1.29, 1.82) is 0 Å². The third kappa shape index (κ3) is 4.03. The van der Waals surface area contributed by atoms with Crippen molar-refractivity contribution in [2.45, 2.75) is 30.5 Å². The number of aromatic nitrogens is 3. The first-order valence-electron chi connectivity index (χ1n) is 10.6. The van der Waals surface area contributed by atoms with Gasteiger partial charge in [-0.05, 0) is 54.7 Å². The molecule has 7 heteroatoms. The predicted molar refractivity (Wildman–Crippen MR) is 126 cm³/mol. The second-order valence-corrected chi connectivity index (χ2v) is 8.69. The van der Waals surface area contributed by atoms with E-state index < -0.39 is 0 Å². The minimum Gasteiger partial charge on any atom is -0.349 e. The van der Waals surface area contributed by atoms with E-state index in [1.165, 1.54) is 22.9 Å². The van der Waals surface area contributed by atoms with Crippen LogP contribution in [0.4, 0.5) is 0 Å².